The van der Waals surface area contributed by atoms with Crippen LogP contribution in [0.25, 0.3) is 0 Å². The van der Waals surface area contributed by atoms with Gasteiger partial charge >= 0.3 is 5.97 Å². The van der Waals surface area contributed by atoms with E-state index in [2.05, 4.69) is 26.2 Å². The largest absolute Gasteiger partial charge is 0.504 e. The number of carbonyl (C=O) groups excluding carboxylic acids is 3. The number of amides is 3. The van der Waals surface area contributed by atoms with E-state index in [1.54, 1.807) is 37.4 Å². The molecule has 3 atom stereocenters. The number of rotatable bonds is 9. The fraction of sp³-hybridized carbons (Fsp3) is 0.240. The Labute approximate surface area is 240 Å². The molecule has 14 nitrogen and oxygen atoms in total. The van der Waals surface area contributed by atoms with Gasteiger partial charge in [0, 0.05) is 18.6 Å². The van der Waals surface area contributed by atoms with Gasteiger partial charge in [0.05, 0.1) is 5.56 Å². The van der Waals surface area contributed by atoms with Crippen LogP contribution < -0.4 is 10.6 Å². The van der Waals surface area contributed by atoms with E-state index in [1.165, 1.54) is 46.4 Å². The van der Waals surface area contributed by atoms with Gasteiger partial charge in [0.2, 0.25) is 11.1 Å². The highest BCUT2D eigenvalue weighted by Crippen LogP contribution is 2.41. The fourth-order valence-electron chi connectivity index (χ4n) is 4.40. The van der Waals surface area contributed by atoms with Crippen molar-refractivity contribution in [1.82, 2.24) is 35.7 Å². The Morgan fingerprint density at radius 1 is 1.15 bits per heavy atom. The predicted molar refractivity (Wildman–Crippen MR) is 146 cm³/mol. The van der Waals surface area contributed by atoms with E-state index in [0.717, 1.165) is 4.90 Å². The lowest BCUT2D eigenvalue weighted by Crippen LogP contribution is -2.71. The number of hydrogen-bond acceptors (Lipinski definition) is 11. The van der Waals surface area contributed by atoms with Crippen LogP contribution in [0.2, 0.25) is 0 Å². The molecule has 2 unspecified atom stereocenters. The standard InChI is InChI=1S/C25H23N7O7S2/c1-31-25(28-29-30-31)41-11-13-10-40-23-17(22(37)32(23)18(13)24(38)39)27-21(36)16(12-6-3-2-4-7-12)26-20(35)14-8-5-9-15(33)19(14)34/h2-9,16-17,23,33-34H,10-11H2,1H3,(H,26,35)(H,27,36)(H,38,39)/t16?,17?,23-/m0/s1. The van der Waals surface area contributed by atoms with Gasteiger partial charge in [-0.1, -0.05) is 48.2 Å². The summed E-state index contributed by atoms with van der Waals surface area (Å²) < 4.78 is 1.45. The summed E-state index contributed by atoms with van der Waals surface area (Å²) in [5.41, 5.74) is 0.539. The van der Waals surface area contributed by atoms with Gasteiger partial charge in [0.1, 0.15) is 23.2 Å². The highest BCUT2D eigenvalue weighted by molar-refractivity contribution is 8.01. The molecular formula is C25H23N7O7S2. The summed E-state index contributed by atoms with van der Waals surface area (Å²) in [5, 5.41) is 46.0. The number of carboxylic acid groups (broad SMARTS) is 1. The molecule has 0 aliphatic carbocycles. The van der Waals surface area contributed by atoms with Gasteiger partial charge in [-0.15, -0.1) is 16.9 Å². The molecule has 212 valence electrons. The molecule has 3 amide bonds. The minimum atomic E-state index is -1.26. The highest BCUT2D eigenvalue weighted by Gasteiger charge is 2.54. The number of carboxylic acids is 1. The van der Waals surface area contributed by atoms with Crippen molar-refractivity contribution in [3.8, 4) is 11.5 Å². The Kier molecular flexibility index (Phi) is 7.85. The smallest absolute Gasteiger partial charge is 0.352 e. The van der Waals surface area contributed by atoms with Gasteiger partial charge in [-0.3, -0.25) is 19.3 Å². The summed E-state index contributed by atoms with van der Waals surface area (Å²) in [7, 11) is 1.66. The molecule has 2 aliphatic rings. The molecule has 3 aromatic rings. The van der Waals surface area contributed by atoms with E-state index < -0.39 is 52.6 Å². The van der Waals surface area contributed by atoms with E-state index in [-0.39, 0.29) is 17.0 Å². The van der Waals surface area contributed by atoms with Crippen molar-refractivity contribution in [3.05, 3.63) is 70.9 Å². The van der Waals surface area contributed by atoms with Crippen molar-refractivity contribution in [2.24, 2.45) is 7.05 Å². The highest BCUT2D eigenvalue weighted by atomic mass is 32.2. The molecule has 0 saturated carbocycles. The molecule has 5 N–H and O–H groups in total. The molecule has 1 saturated heterocycles. The maximum Gasteiger partial charge on any atom is 0.352 e. The Hall–Kier alpha value is -4.57. The average Bonchev–Trinajstić information content (AvgIpc) is 3.38. The number of hydrogen-bond donors (Lipinski definition) is 5. The third-order valence-corrected chi connectivity index (χ3v) is 8.87. The molecule has 41 heavy (non-hydrogen) atoms. The summed E-state index contributed by atoms with van der Waals surface area (Å²) >= 11 is 2.55. The number of thioether (sulfide) groups is 2. The number of β-lactam (4-membered cyclic amide) rings is 1. The number of aliphatic carboxylic acids is 1. The third kappa shape index (κ3) is 5.43. The number of para-hydroxylation sites is 1. The van der Waals surface area contributed by atoms with Crippen LogP contribution in [-0.4, -0.2) is 87.0 Å². The quantitative estimate of drug-likeness (QED) is 0.131. The minimum Gasteiger partial charge on any atom is -0.504 e. The lowest BCUT2D eigenvalue weighted by atomic mass is 10.0. The van der Waals surface area contributed by atoms with Gasteiger partial charge in [0.15, 0.2) is 11.5 Å². The molecule has 5 rings (SSSR count). The first-order valence-electron chi connectivity index (χ1n) is 12.1. The lowest BCUT2D eigenvalue weighted by Gasteiger charge is -2.49. The number of aromatic nitrogens is 4. The Bertz CT molecular complexity index is 1560. The molecule has 2 aliphatic heterocycles. The van der Waals surface area contributed by atoms with E-state index in [4.69, 9.17) is 0 Å². The fourth-order valence-corrected chi connectivity index (χ4v) is 6.73. The third-order valence-electron chi connectivity index (χ3n) is 6.43. The zero-order valence-corrected chi connectivity index (χ0v) is 22.9. The molecule has 1 aromatic heterocycles. The van der Waals surface area contributed by atoms with Gasteiger partial charge in [-0.25, -0.2) is 9.48 Å². The SMILES string of the molecule is Cn1nnnc1SCC1=C(C(=O)O)N2C(=O)C(NC(=O)C(NC(=O)c3cccc(O)c3O)c3ccccc3)[C@@H]2SC1. The van der Waals surface area contributed by atoms with Crippen molar-refractivity contribution >= 4 is 47.2 Å². The number of phenolic OH excluding ortho intramolecular Hbond substituents is 2. The van der Waals surface area contributed by atoms with Crippen molar-refractivity contribution in [2.45, 2.75) is 22.6 Å². The zero-order valence-electron chi connectivity index (χ0n) is 21.3. The van der Waals surface area contributed by atoms with Gasteiger partial charge in [0.25, 0.3) is 11.8 Å². The van der Waals surface area contributed by atoms with E-state index >= 15 is 0 Å². The van der Waals surface area contributed by atoms with Gasteiger partial charge in [-0.05, 0) is 33.7 Å². The predicted octanol–water partition coefficient (Wildman–Crippen LogP) is 0.623. The lowest BCUT2D eigenvalue weighted by molar-refractivity contribution is -0.151. The number of fused-ring (bicyclic) bond motifs is 1. The van der Waals surface area contributed by atoms with E-state index in [9.17, 15) is 34.5 Å². The molecule has 0 radical (unpaired) electrons. The normalized spacial score (nSPS) is 18.8. The molecular weight excluding hydrogens is 574 g/mol. The van der Waals surface area contributed by atoms with Crippen molar-refractivity contribution < 1.29 is 34.5 Å². The molecule has 16 heteroatoms. The second-order valence-electron chi connectivity index (χ2n) is 9.02. The van der Waals surface area contributed by atoms with Crippen molar-refractivity contribution in [1.29, 1.82) is 0 Å². The number of nitrogens with zero attached hydrogens (tertiary/aromatic N) is 5. The first-order valence-corrected chi connectivity index (χ1v) is 14.1. The topological polar surface area (TPSA) is 200 Å². The summed E-state index contributed by atoms with van der Waals surface area (Å²) in [4.78, 5) is 52.9. The zero-order chi connectivity index (χ0) is 29.3. The summed E-state index contributed by atoms with van der Waals surface area (Å²) in [6.45, 7) is 0. The van der Waals surface area contributed by atoms with Gasteiger partial charge in [-0.2, -0.15) is 0 Å². The molecule has 0 bridgehead atoms. The van der Waals surface area contributed by atoms with Crippen LogP contribution in [0, 0.1) is 0 Å². The van der Waals surface area contributed by atoms with E-state index in [0.29, 0.717) is 22.0 Å². The average molecular weight is 598 g/mol. The number of nitrogens with one attached hydrogen (secondary N) is 2. The number of phenols is 2. The minimum absolute atomic E-state index is 0.140. The molecule has 0 spiro atoms. The van der Waals surface area contributed by atoms with Gasteiger partial charge < -0.3 is 26.0 Å². The Morgan fingerprint density at radius 2 is 1.90 bits per heavy atom. The Balaban J connectivity index is 1.33. The number of carbonyl (C=O) groups is 4. The van der Waals surface area contributed by atoms with Crippen LogP contribution in [0.15, 0.2) is 65.0 Å². The number of aryl methyl sites for hydroxylation is 1. The van der Waals surface area contributed by atoms with Crippen molar-refractivity contribution in [2.75, 3.05) is 11.5 Å². The van der Waals surface area contributed by atoms with Crippen LogP contribution in [0.1, 0.15) is 22.0 Å². The summed E-state index contributed by atoms with van der Waals surface area (Å²) in [6, 6.07) is 9.85. The molecule has 3 heterocycles. The van der Waals surface area contributed by atoms with Crippen LogP contribution in [0.5, 0.6) is 11.5 Å². The second kappa shape index (κ2) is 11.5. The Morgan fingerprint density at radius 3 is 2.59 bits per heavy atom. The first kappa shape index (κ1) is 28.0. The van der Waals surface area contributed by atoms with E-state index in [1.807, 2.05) is 0 Å². The maximum absolute atomic E-state index is 13.5. The summed E-state index contributed by atoms with van der Waals surface area (Å²) in [5.74, 6) is -3.98. The summed E-state index contributed by atoms with van der Waals surface area (Å²) in [6.07, 6.45) is 0. The number of aromatic hydroxyl groups is 2. The first-order chi connectivity index (χ1) is 19.7. The molecule has 1 fully saturated rings. The van der Waals surface area contributed by atoms with Crippen LogP contribution in [0.3, 0.4) is 0 Å². The number of tetrazole rings is 1. The van der Waals surface area contributed by atoms with Crippen molar-refractivity contribution in [3.63, 3.8) is 0 Å². The second-order valence-corrected chi connectivity index (χ2v) is 11.1. The monoisotopic (exact) mass is 597 g/mol. The van der Waals surface area contributed by atoms with Crippen LogP contribution in [0.4, 0.5) is 0 Å². The maximum atomic E-state index is 13.5. The number of benzene rings is 2. The van der Waals surface area contributed by atoms with Crippen LogP contribution >= 0.6 is 23.5 Å². The molecule has 2 aromatic carbocycles. The van der Waals surface area contributed by atoms with Crippen LogP contribution in [-0.2, 0) is 21.4 Å².